The molecule has 3 N–H and O–H groups in total. The first kappa shape index (κ1) is 17.6. The fourth-order valence-electron chi connectivity index (χ4n) is 1.37. The molecule has 118 valence electrons. The molecule has 0 saturated heterocycles. The summed E-state index contributed by atoms with van der Waals surface area (Å²) in [4.78, 5) is 10.9. The van der Waals surface area contributed by atoms with E-state index in [0.717, 1.165) is 24.3 Å². The zero-order chi connectivity index (χ0) is 16.1. The molecule has 0 unspecified atom stereocenters. The number of carbonyl (C=O) groups excluding carboxylic acids is 1. The van der Waals surface area contributed by atoms with Gasteiger partial charge in [0.25, 0.3) is 9.84 Å². The van der Waals surface area contributed by atoms with Crippen LogP contribution in [0.15, 0.2) is 34.1 Å². The maximum absolute atomic E-state index is 11.8. The molecule has 0 aliphatic heterocycles. The Morgan fingerprint density at radius 1 is 1.14 bits per heavy atom. The summed E-state index contributed by atoms with van der Waals surface area (Å²) in [5, 5.41) is -1.37. The molecule has 0 fully saturated rings. The summed E-state index contributed by atoms with van der Waals surface area (Å²) >= 11 is 0. The smallest absolute Gasteiger partial charge is 0.429 e. The highest BCUT2D eigenvalue weighted by molar-refractivity contribution is 8.05. The lowest BCUT2D eigenvalue weighted by atomic mass is 10.4. The van der Waals surface area contributed by atoms with E-state index in [0.29, 0.717) is 0 Å². The summed E-state index contributed by atoms with van der Waals surface area (Å²) < 4.78 is 53.8. The second kappa shape index (κ2) is 6.98. The third-order valence-electron chi connectivity index (χ3n) is 2.36. The van der Waals surface area contributed by atoms with Crippen molar-refractivity contribution in [3.05, 3.63) is 24.3 Å². The molecule has 8 nitrogen and oxygen atoms in total. The van der Waals surface area contributed by atoms with Crippen LogP contribution in [0.2, 0.25) is 0 Å². The molecule has 0 amide bonds. The van der Waals surface area contributed by atoms with E-state index in [1.807, 2.05) is 0 Å². The van der Waals surface area contributed by atoms with E-state index in [9.17, 15) is 21.6 Å². The number of hydrogen-bond acceptors (Lipinski definition) is 7. The fourth-order valence-corrected chi connectivity index (χ4v) is 3.37. The van der Waals surface area contributed by atoms with Crippen LogP contribution in [0, 0.1) is 0 Å². The highest BCUT2D eigenvalue weighted by atomic mass is 32.2. The zero-order valence-corrected chi connectivity index (χ0v) is 12.9. The van der Waals surface area contributed by atoms with E-state index in [1.54, 1.807) is 0 Å². The molecule has 0 aliphatic carbocycles. The van der Waals surface area contributed by atoms with E-state index >= 15 is 0 Å². The normalized spacial score (nSPS) is 12.1. The number of hydrogen-bond donors (Lipinski definition) is 2. The van der Waals surface area contributed by atoms with Crippen molar-refractivity contribution in [2.24, 2.45) is 5.73 Å². The van der Waals surface area contributed by atoms with E-state index < -0.39 is 25.2 Å². The molecule has 0 aliphatic rings. The Labute approximate surface area is 123 Å². The minimum absolute atomic E-state index is 0.0607. The lowest BCUT2D eigenvalue weighted by Gasteiger charge is -2.07. The maximum Gasteiger partial charge on any atom is 0.429 e. The van der Waals surface area contributed by atoms with Gasteiger partial charge in [-0.3, -0.25) is 0 Å². The van der Waals surface area contributed by atoms with Crippen LogP contribution < -0.4 is 10.5 Å². The molecule has 0 atom stereocenters. The van der Waals surface area contributed by atoms with Gasteiger partial charge >= 0.3 is 5.30 Å². The Balaban J connectivity index is 3.06. The van der Waals surface area contributed by atoms with Crippen molar-refractivity contribution >= 4 is 25.2 Å². The van der Waals surface area contributed by atoms with Gasteiger partial charge in [0.1, 0.15) is 0 Å². The second-order valence-electron chi connectivity index (χ2n) is 3.84. The zero-order valence-electron chi connectivity index (χ0n) is 11.3. The Bertz CT molecular complexity index is 695. The first-order chi connectivity index (χ1) is 9.75. The van der Waals surface area contributed by atoms with Gasteiger partial charge in [-0.25, -0.2) is 26.4 Å². The van der Waals surface area contributed by atoms with Gasteiger partial charge in [0.05, 0.1) is 16.4 Å². The van der Waals surface area contributed by atoms with Crippen LogP contribution in [0.5, 0.6) is 0 Å². The van der Waals surface area contributed by atoms with Crippen molar-refractivity contribution in [1.82, 2.24) is 4.72 Å². The molecule has 1 aromatic rings. The van der Waals surface area contributed by atoms with Gasteiger partial charge in [-0.05, 0) is 31.2 Å². The van der Waals surface area contributed by atoms with Crippen LogP contribution >= 0.6 is 0 Å². The SMILES string of the molecule is CCOC(=O)S(=O)(=O)c1ccc(S(=O)(=O)NCCN)cc1. The van der Waals surface area contributed by atoms with Crippen molar-refractivity contribution < 1.29 is 26.4 Å². The quantitative estimate of drug-likeness (QED) is 0.690. The van der Waals surface area contributed by atoms with Gasteiger partial charge < -0.3 is 10.5 Å². The van der Waals surface area contributed by atoms with Crippen LogP contribution in [0.1, 0.15) is 6.92 Å². The number of carbonyl (C=O) groups is 1. The molecule has 1 rings (SSSR count). The van der Waals surface area contributed by atoms with Gasteiger partial charge in [0, 0.05) is 13.1 Å². The van der Waals surface area contributed by atoms with E-state index in [-0.39, 0.29) is 29.5 Å². The van der Waals surface area contributed by atoms with Crippen molar-refractivity contribution in [2.75, 3.05) is 19.7 Å². The highest BCUT2D eigenvalue weighted by Gasteiger charge is 2.26. The Morgan fingerprint density at radius 3 is 2.14 bits per heavy atom. The Kier molecular flexibility index (Phi) is 5.84. The number of sulfone groups is 1. The first-order valence-electron chi connectivity index (χ1n) is 5.97. The monoisotopic (exact) mass is 336 g/mol. The number of benzene rings is 1. The molecule has 0 heterocycles. The average molecular weight is 336 g/mol. The average Bonchev–Trinajstić information content (AvgIpc) is 2.45. The molecule has 0 aromatic heterocycles. The molecule has 0 bridgehead atoms. The molecule has 1 aromatic carbocycles. The highest BCUT2D eigenvalue weighted by Crippen LogP contribution is 2.17. The van der Waals surface area contributed by atoms with Crippen LogP contribution in [-0.4, -0.2) is 41.8 Å². The standard InChI is InChI=1S/C11H16N2O6S2/c1-2-19-11(14)20(15,16)9-3-5-10(6-4-9)21(17,18)13-8-7-12/h3-6,13H,2,7-8,12H2,1H3. The molecule has 0 saturated carbocycles. The van der Waals surface area contributed by atoms with E-state index in [1.165, 1.54) is 6.92 Å². The third-order valence-corrected chi connectivity index (χ3v) is 5.29. The number of rotatable bonds is 6. The molecular formula is C11H16N2O6S2. The van der Waals surface area contributed by atoms with Gasteiger partial charge in [-0.15, -0.1) is 0 Å². The number of nitrogens with two attached hydrogens (primary N) is 1. The third kappa shape index (κ3) is 4.24. The predicted molar refractivity (Wildman–Crippen MR) is 74.9 cm³/mol. The summed E-state index contributed by atoms with van der Waals surface area (Å²) in [6.07, 6.45) is 0. The number of sulfonamides is 1. The first-order valence-corrected chi connectivity index (χ1v) is 8.94. The lowest BCUT2D eigenvalue weighted by molar-refractivity contribution is 0.178. The van der Waals surface area contributed by atoms with E-state index in [4.69, 9.17) is 5.73 Å². The predicted octanol–water partition coefficient (Wildman–Crippen LogP) is -0.146. The molecule has 0 spiro atoms. The van der Waals surface area contributed by atoms with Crippen LogP contribution in [0.25, 0.3) is 0 Å². The van der Waals surface area contributed by atoms with Gasteiger partial charge in [-0.1, -0.05) is 0 Å². The molecular weight excluding hydrogens is 320 g/mol. The molecule has 21 heavy (non-hydrogen) atoms. The summed E-state index contributed by atoms with van der Waals surface area (Å²) in [7, 11) is -8.03. The van der Waals surface area contributed by atoms with Gasteiger partial charge in [0.15, 0.2) is 0 Å². The Hall–Kier alpha value is -1.49. The minimum atomic E-state index is -4.28. The number of nitrogens with one attached hydrogen (secondary N) is 1. The van der Waals surface area contributed by atoms with Crippen LogP contribution in [0.4, 0.5) is 4.79 Å². The maximum atomic E-state index is 11.8. The van der Waals surface area contributed by atoms with E-state index in [2.05, 4.69) is 9.46 Å². The lowest BCUT2D eigenvalue weighted by Crippen LogP contribution is -2.29. The van der Waals surface area contributed by atoms with Gasteiger partial charge in [0.2, 0.25) is 10.0 Å². The largest absolute Gasteiger partial charge is 0.454 e. The number of ether oxygens (including phenoxy) is 1. The van der Waals surface area contributed by atoms with Crippen molar-refractivity contribution in [3.8, 4) is 0 Å². The second-order valence-corrected chi connectivity index (χ2v) is 7.42. The summed E-state index contributed by atoms with van der Waals surface area (Å²) in [5.41, 5.74) is 5.20. The minimum Gasteiger partial charge on any atom is -0.454 e. The summed E-state index contributed by atoms with van der Waals surface area (Å²) in [5.74, 6) is 0. The summed E-state index contributed by atoms with van der Waals surface area (Å²) in [6.45, 7) is 1.60. The van der Waals surface area contributed by atoms with Crippen molar-refractivity contribution in [2.45, 2.75) is 16.7 Å². The van der Waals surface area contributed by atoms with Crippen molar-refractivity contribution in [3.63, 3.8) is 0 Å². The van der Waals surface area contributed by atoms with Crippen LogP contribution in [0.3, 0.4) is 0 Å². The topological polar surface area (TPSA) is 133 Å². The molecule has 10 heteroatoms. The Morgan fingerprint density at radius 2 is 1.67 bits per heavy atom. The molecule has 0 radical (unpaired) electrons. The van der Waals surface area contributed by atoms with Crippen molar-refractivity contribution in [1.29, 1.82) is 0 Å². The van der Waals surface area contributed by atoms with Crippen LogP contribution in [-0.2, 0) is 24.6 Å². The fraction of sp³-hybridized carbons (Fsp3) is 0.364. The summed E-state index contributed by atoms with van der Waals surface area (Å²) in [6, 6.07) is 4.24. The van der Waals surface area contributed by atoms with Gasteiger partial charge in [-0.2, -0.15) is 0 Å².